The first-order valence-electron chi connectivity index (χ1n) is 6.33. The molecule has 1 saturated heterocycles. The summed E-state index contributed by atoms with van der Waals surface area (Å²) < 4.78 is 0. The molecule has 1 unspecified atom stereocenters. The lowest BCUT2D eigenvalue weighted by Crippen LogP contribution is -2.29. The number of hydrogen-bond acceptors (Lipinski definition) is 4. The first-order valence-corrected chi connectivity index (χ1v) is 7.32. The van der Waals surface area contributed by atoms with Crippen LogP contribution in [0.3, 0.4) is 0 Å². The van der Waals surface area contributed by atoms with Gasteiger partial charge in [0.2, 0.25) is 0 Å². The second-order valence-corrected chi connectivity index (χ2v) is 5.77. The van der Waals surface area contributed by atoms with E-state index < -0.39 is 0 Å². The van der Waals surface area contributed by atoms with Crippen molar-refractivity contribution in [1.29, 1.82) is 0 Å². The Balaban J connectivity index is 1.74. The highest BCUT2D eigenvalue weighted by Gasteiger charge is 2.12. The van der Waals surface area contributed by atoms with Crippen molar-refractivity contribution in [2.75, 3.05) is 18.8 Å². The molecule has 2 rings (SSSR count). The zero-order valence-electron chi connectivity index (χ0n) is 10.3. The minimum absolute atomic E-state index is 0.163. The molecule has 0 aromatic heterocycles. The third-order valence-electron chi connectivity index (χ3n) is 3.24. The predicted octanol–water partition coefficient (Wildman–Crippen LogP) is 3.08. The van der Waals surface area contributed by atoms with E-state index in [0.717, 1.165) is 29.7 Å². The molecule has 1 N–H and O–H groups in total. The van der Waals surface area contributed by atoms with E-state index >= 15 is 0 Å². The first kappa shape index (κ1) is 13.4. The largest absolute Gasteiger partial charge is 0.316 e. The molecule has 0 radical (unpaired) electrons. The average Bonchev–Trinajstić information content (AvgIpc) is 2.40. The van der Waals surface area contributed by atoms with E-state index in [1.165, 1.54) is 19.3 Å². The Bertz CT molecular complexity index is 388. The van der Waals surface area contributed by atoms with Crippen LogP contribution in [0.2, 0.25) is 0 Å². The fraction of sp³-hybridized carbons (Fsp3) is 0.538. The van der Waals surface area contributed by atoms with Crippen LogP contribution in [0.15, 0.2) is 29.2 Å². The quantitative estimate of drug-likeness (QED) is 0.505. The molecule has 0 aliphatic carbocycles. The van der Waals surface area contributed by atoms with E-state index in [1.807, 2.05) is 12.1 Å². The molecule has 1 aliphatic rings. The molecule has 0 amide bonds. The van der Waals surface area contributed by atoms with Crippen LogP contribution >= 0.6 is 11.8 Å². The minimum atomic E-state index is -0.359. The molecule has 1 aromatic carbocycles. The number of piperidine rings is 1. The molecule has 1 aliphatic heterocycles. The molecule has 1 aromatic rings. The Morgan fingerprint density at radius 1 is 1.39 bits per heavy atom. The fourth-order valence-corrected chi connectivity index (χ4v) is 3.19. The Kier molecular flexibility index (Phi) is 5.01. The molecule has 0 saturated carbocycles. The van der Waals surface area contributed by atoms with E-state index in [4.69, 9.17) is 0 Å². The summed E-state index contributed by atoms with van der Waals surface area (Å²) in [5.74, 6) is 1.88. The maximum absolute atomic E-state index is 10.5. The zero-order chi connectivity index (χ0) is 12.8. The zero-order valence-corrected chi connectivity index (χ0v) is 11.1. The van der Waals surface area contributed by atoms with Crippen LogP contribution in [-0.2, 0) is 0 Å². The highest BCUT2D eigenvalue weighted by Crippen LogP contribution is 2.24. The number of thioether (sulfide) groups is 1. The van der Waals surface area contributed by atoms with Crippen LogP contribution in [0.1, 0.15) is 19.3 Å². The molecule has 1 atom stereocenters. The summed E-state index contributed by atoms with van der Waals surface area (Å²) in [4.78, 5) is 11.3. The number of nitrogens with one attached hydrogen (secondary N) is 1. The van der Waals surface area contributed by atoms with Crippen LogP contribution < -0.4 is 5.32 Å². The van der Waals surface area contributed by atoms with Gasteiger partial charge in [0, 0.05) is 17.0 Å². The molecular formula is C13H18N2O2S. The lowest BCUT2D eigenvalue weighted by molar-refractivity contribution is -0.384. The lowest BCUT2D eigenvalue weighted by atomic mass is 9.97. The summed E-state index contributed by atoms with van der Waals surface area (Å²) in [6.07, 6.45) is 3.83. The Hall–Kier alpha value is -1.07. The molecule has 98 valence electrons. The van der Waals surface area contributed by atoms with Gasteiger partial charge in [-0.05, 0) is 56.2 Å². The first-order chi connectivity index (χ1) is 8.75. The molecule has 1 fully saturated rings. The number of hydrogen-bond donors (Lipinski definition) is 1. The summed E-state index contributed by atoms with van der Waals surface area (Å²) in [7, 11) is 0. The maximum Gasteiger partial charge on any atom is 0.269 e. The number of non-ortho nitro benzene ring substituents is 1. The average molecular weight is 266 g/mol. The van der Waals surface area contributed by atoms with Crippen molar-refractivity contribution in [2.24, 2.45) is 5.92 Å². The predicted molar refractivity (Wildman–Crippen MR) is 74.0 cm³/mol. The molecule has 0 spiro atoms. The molecule has 0 bridgehead atoms. The summed E-state index contributed by atoms with van der Waals surface area (Å²) in [5, 5.41) is 13.9. The third kappa shape index (κ3) is 3.99. The van der Waals surface area contributed by atoms with Crippen molar-refractivity contribution < 1.29 is 4.92 Å². The molecular weight excluding hydrogens is 248 g/mol. The molecule has 18 heavy (non-hydrogen) atoms. The highest BCUT2D eigenvalue weighted by molar-refractivity contribution is 7.99. The minimum Gasteiger partial charge on any atom is -0.316 e. The van der Waals surface area contributed by atoms with Crippen LogP contribution in [0.5, 0.6) is 0 Å². The Morgan fingerprint density at radius 2 is 2.17 bits per heavy atom. The van der Waals surface area contributed by atoms with Crippen molar-refractivity contribution in [3.8, 4) is 0 Å². The topological polar surface area (TPSA) is 55.2 Å². The third-order valence-corrected chi connectivity index (χ3v) is 4.29. The van der Waals surface area contributed by atoms with E-state index in [2.05, 4.69) is 5.32 Å². The molecule has 1 heterocycles. The Morgan fingerprint density at radius 3 is 2.78 bits per heavy atom. The number of nitrogens with zero attached hydrogens (tertiary/aromatic N) is 1. The van der Waals surface area contributed by atoms with Crippen LogP contribution in [0, 0.1) is 16.0 Å². The van der Waals surface area contributed by atoms with Gasteiger partial charge < -0.3 is 5.32 Å². The maximum atomic E-state index is 10.5. The van der Waals surface area contributed by atoms with Crippen molar-refractivity contribution in [3.63, 3.8) is 0 Å². The van der Waals surface area contributed by atoms with Crippen LogP contribution in [-0.4, -0.2) is 23.8 Å². The van der Waals surface area contributed by atoms with Gasteiger partial charge in [0.1, 0.15) is 0 Å². The second-order valence-electron chi connectivity index (χ2n) is 4.60. The van der Waals surface area contributed by atoms with Crippen molar-refractivity contribution in [2.45, 2.75) is 24.2 Å². The van der Waals surface area contributed by atoms with Gasteiger partial charge in [0.15, 0.2) is 0 Å². The smallest absolute Gasteiger partial charge is 0.269 e. The Labute approximate surface area is 111 Å². The van der Waals surface area contributed by atoms with Gasteiger partial charge in [0.25, 0.3) is 5.69 Å². The highest BCUT2D eigenvalue weighted by atomic mass is 32.2. The van der Waals surface area contributed by atoms with Gasteiger partial charge in [0.05, 0.1) is 4.92 Å². The van der Waals surface area contributed by atoms with E-state index in [0.29, 0.717) is 0 Å². The van der Waals surface area contributed by atoms with Gasteiger partial charge in [-0.25, -0.2) is 0 Å². The van der Waals surface area contributed by atoms with Crippen molar-refractivity contribution in [1.82, 2.24) is 5.32 Å². The van der Waals surface area contributed by atoms with Gasteiger partial charge in [-0.2, -0.15) is 0 Å². The summed E-state index contributed by atoms with van der Waals surface area (Å²) in [6, 6.07) is 6.82. The van der Waals surface area contributed by atoms with Crippen LogP contribution in [0.25, 0.3) is 0 Å². The van der Waals surface area contributed by atoms with Crippen LogP contribution in [0.4, 0.5) is 5.69 Å². The summed E-state index contributed by atoms with van der Waals surface area (Å²) in [5.41, 5.74) is 0.163. The van der Waals surface area contributed by atoms with Gasteiger partial charge >= 0.3 is 0 Å². The fourth-order valence-electron chi connectivity index (χ4n) is 2.18. The second kappa shape index (κ2) is 6.75. The van der Waals surface area contributed by atoms with E-state index in [9.17, 15) is 10.1 Å². The van der Waals surface area contributed by atoms with E-state index in [-0.39, 0.29) is 10.6 Å². The number of benzene rings is 1. The number of nitro groups is 1. The summed E-state index contributed by atoms with van der Waals surface area (Å²) >= 11 is 1.78. The number of nitro benzene ring substituents is 1. The van der Waals surface area contributed by atoms with E-state index in [1.54, 1.807) is 23.9 Å². The molecule has 4 nitrogen and oxygen atoms in total. The van der Waals surface area contributed by atoms with Gasteiger partial charge in [-0.1, -0.05) is 0 Å². The van der Waals surface area contributed by atoms with Gasteiger partial charge in [-0.15, -0.1) is 11.8 Å². The number of rotatable bonds is 5. The normalized spacial score (nSPS) is 19.7. The van der Waals surface area contributed by atoms with Gasteiger partial charge in [-0.3, -0.25) is 10.1 Å². The van der Waals surface area contributed by atoms with Crippen molar-refractivity contribution in [3.05, 3.63) is 34.4 Å². The van der Waals surface area contributed by atoms with Crippen molar-refractivity contribution >= 4 is 17.4 Å². The SMILES string of the molecule is O=[N+]([O-])c1ccc(SCCC2CCCNC2)cc1. The molecule has 5 heteroatoms. The monoisotopic (exact) mass is 266 g/mol. The lowest BCUT2D eigenvalue weighted by Gasteiger charge is -2.22. The standard InChI is InChI=1S/C13H18N2O2S/c16-15(17)12-3-5-13(6-4-12)18-9-7-11-2-1-8-14-10-11/h3-6,11,14H,1-2,7-10H2. The summed E-state index contributed by atoms with van der Waals surface area (Å²) in [6.45, 7) is 2.30.